The molecule has 3 aromatic carbocycles. The molecule has 1 spiro atoms. The minimum absolute atomic E-state index is 0.110. The summed E-state index contributed by atoms with van der Waals surface area (Å²) < 4.78 is 0. The topological polar surface area (TPSA) is 43.9 Å². The first-order valence-electron chi connectivity index (χ1n) is 12.2. The maximum atomic E-state index is 13.0. The molecule has 0 radical (unpaired) electrons. The molecule has 1 aliphatic carbocycles. The van der Waals surface area contributed by atoms with E-state index < -0.39 is 0 Å². The van der Waals surface area contributed by atoms with Crippen LogP contribution in [0.25, 0.3) is 11.1 Å². The van der Waals surface area contributed by atoms with Crippen molar-refractivity contribution >= 4 is 11.8 Å². The lowest BCUT2D eigenvalue weighted by atomic mass is 9.98. The quantitative estimate of drug-likeness (QED) is 0.598. The molecule has 6 rings (SSSR count). The second kappa shape index (κ2) is 8.41. The Labute approximate surface area is 200 Å². The van der Waals surface area contributed by atoms with Gasteiger partial charge in [-0.1, -0.05) is 60.7 Å². The average molecular weight is 452 g/mol. The Morgan fingerprint density at radius 3 is 1.85 bits per heavy atom. The van der Waals surface area contributed by atoms with Crippen LogP contribution >= 0.6 is 0 Å². The molecule has 172 valence electrons. The van der Waals surface area contributed by atoms with Gasteiger partial charge in [0, 0.05) is 55.4 Å². The van der Waals surface area contributed by atoms with Gasteiger partial charge < -0.3 is 9.80 Å². The third-order valence-corrected chi connectivity index (χ3v) is 7.67. The lowest BCUT2D eigenvalue weighted by Gasteiger charge is -2.52. The molecule has 5 heteroatoms. The van der Waals surface area contributed by atoms with Crippen molar-refractivity contribution in [1.29, 1.82) is 0 Å². The summed E-state index contributed by atoms with van der Waals surface area (Å²) in [4.78, 5) is 32.5. The maximum absolute atomic E-state index is 13.0. The minimum Gasteiger partial charge on any atom is -0.336 e. The van der Waals surface area contributed by atoms with Crippen LogP contribution in [0.5, 0.6) is 0 Å². The zero-order valence-corrected chi connectivity index (χ0v) is 19.3. The molecule has 2 amide bonds. The van der Waals surface area contributed by atoms with Gasteiger partial charge in [0.25, 0.3) is 11.8 Å². The van der Waals surface area contributed by atoms with Crippen molar-refractivity contribution in [3.8, 4) is 11.1 Å². The van der Waals surface area contributed by atoms with Crippen LogP contribution in [0.4, 0.5) is 0 Å². The standard InChI is InChI=1S/C29H29N3O2/c33-27(24-9-5-2-6-10-24)30-17-18-32(29(21-30)15-16-29)26-19-31(20-26)28(34)25-13-11-23(12-14-25)22-7-3-1-4-8-22/h1-14,26H,15-21H2. The highest BCUT2D eigenvalue weighted by molar-refractivity contribution is 5.95. The second-order valence-corrected chi connectivity index (χ2v) is 9.82. The van der Waals surface area contributed by atoms with Crippen molar-refractivity contribution in [2.24, 2.45) is 0 Å². The molecule has 3 fully saturated rings. The summed E-state index contributed by atoms with van der Waals surface area (Å²) >= 11 is 0. The average Bonchev–Trinajstić information content (AvgIpc) is 3.64. The van der Waals surface area contributed by atoms with E-state index in [1.54, 1.807) is 0 Å². The molecule has 0 N–H and O–H groups in total. The SMILES string of the molecule is O=C(c1ccc(-c2ccccc2)cc1)N1CC(N2CCN(C(=O)c3ccccc3)CC23CC3)C1. The van der Waals surface area contributed by atoms with Gasteiger partial charge in [0.1, 0.15) is 0 Å². The molecule has 3 aliphatic rings. The van der Waals surface area contributed by atoms with Crippen LogP contribution in [0.2, 0.25) is 0 Å². The number of hydrogen-bond donors (Lipinski definition) is 0. The third kappa shape index (κ3) is 3.80. The van der Waals surface area contributed by atoms with E-state index in [2.05, 4.69) is 17.0 Å². The summed E-state index contributed by atoms with van der Waals surface area (Å²) in [6.45, 7) is 3.98. The van der Waals surface area contributed by atoms with E-state index in [1.807, 2.05) is 82.6 Å². The third-order valence-electron chi connectivity index (χ3n) is 7.67. The van der Waals surface area contributed by atoms with Gasteiger partial charge in [0.15, 0.2) is 0 Å². The van der Waals surface area contributed by atoms with E-state index in [4.69, 9.17) is 0 Å². The van der Waals surface area contributed by atoms with E-state index in [0.29, 0.717) is 6.04 Å². The van der Waals surface area contributed by atoms with Crippen molar-refractivity contribution in [3.63, 3.8) is 0 Å². The number of nitrogens with zero attached hydrogens (tertiary/aromatic N) is 3. The molecular formula is C29H29N3O2. The lowest BCUT2D eigenvalue weighted by Crippen LogP contribution is -2.68. The summed E-state index contributed by atoms with van der Waals surface area (Å²) in [7, 11) is 0. The smallest absolute Gasteiger partial charge is 0.253 e. The fourth-order valence-electron chi connectivity index (χ4n) is 5.52. The summed E-state index contributed by atoms with van der Waals surface area (Å²) in [5, 5.41) is 0. The fraction of sp³-hybridized carbons (Fsp3) is 0.310. The highest BCUT2D eigenvalue weighted by Gasteiger charge is 2.55. The molecule has 0 atom stereocenters. The van der Waals surface area contributed by atoms with E-state index in [0.717, 1.165) is 67.8 Å². The molecule has 2 aliphatic heterocycles. The fourth-order valence-corrected chi connectivity index (χ4v) is 5.52. The van der Waals surface area contributed by atoms with Crippen LogP contribution in [-0.4, -0.2) is 70.8 Å². The number of hydrogen-bond acceptors (Lipinski definition) is 3. The van der Waals surface area contributed by atoms with Gasteiger partial charge in [-0.15, -0.1) is 0 Å². The molecule has 5 nitrogen and oxygen atoms in total. The molecule has 0 aromatic heterocycles. The number of amides is 2. The molecule has 0 unspecified atom stereocenters. The predicted octanol–water partition coefficient (Wildman–Crippen LogP) is 4.17. The molecule has 2 heterocycles. The number of carbonyl (C=O) groups excluding carboxylic acids is 2. The molecular weight excluding hydrogens is 422 g/mol. The summed E-state index contributed by atoms with van der Waals surface area (Å²) in [6, 6.07) is 28.1. The van der Waals surface area contributed by atoms with Crippen LogP contribution in [0.15, 0.2) is 84.9 Å². The van der Waals surface area contributed by atoms with Crippen LogP contribution in [0.1, 0.15) is 33.6 Å². The number of piperazine rings is 1. The Kier molecular flexibility index (Phi) is 5.22. The van der Waals surface area contributed by atoms with E-state index in [1.165, 1.54) is 0 Å². The van der Waals surface area contributed by atoms with Crippen LogP contribution in [-0.2, 0) is 0 Å². The second-order valence-electron chi connectivity index (χ2n) is 9.82. The van der Waals surface area contributed by atoms with Crippen molar-refractivity contribution in [1.82, 2.24) is 14.7 Å². The van der Waals surface area contributed by atoms with Crippen LogP contribution in [0, 0.1) is 0 Å². The number of likely N-dealkylation sites (tertiary alicyclic amines) is 1. The molecule has 1 saturated carbocycles. The largest absolute Gasteiger partial charge is 0.336 e. The van der Waals surface area contributed by atoms with Gasteiger partial charge in [-0.3, -0.25) is 14.5 Å². The zero-order chi connectivity index (χ0) is 23.1. The Balaban J connectivity index is 1.06. The van der Waals surface area contributed by atoms with Crippen molar-refractivity contribution in [2.75, 3.05) is 32.7 Å². The summed E-state index contributed by atoms with van der Waals surface area (Å²) in [5.74, 6) is 0.245. The van der Waals surface area contributed by atoms with Gasteiger partial charge in [0.2, 0.25) is 0 Å². The van der Waals surface area contributed by atoms with E-state index in [9.17, 15) is 9.59 Å². The number of rotatable bonds is 4. The first-order chi connectivity index (χ1) is 16.6. The summed E-state index contributed by atoms with van der Waals surface area (Å²) in [6.07, 6.45) is 2.27. The van der Waals surface area contributed by atoms with Gasteiger partial charge in [-0.2, -0.15) is 0 Å². The summed E-state index contributed by atoms with van der Waals surface area (Å²) in [5.41, 5.74) is 3.91. The van der Waals surface area contributed by atoms with Crippen molar-refractivity contribution in [3.05, 3.63) is 96.1 Å². The monoisotopic (exact) mass is 451 g/mol. The highest BCUT2D eigenvalue weighted by atomic mass is 16.2. The Bertz CT molecular complexity index is 1180. The predicted molar refractivity (Wildman–Crippen MR) is 133 cm³/mol. The first-order valence-corrected chi connectivity index (χ1v) is 12.2. The first kappa shape index (κ1) is 21.1. The maximum Gasteiger partial charge on any atom is 0.253 e. The Morgan fingerprint density at radius 2 is 1.21 bits per heavy atom. The van der Waals surface area contributed by atoms with Crippen LogP contribution in [0.3, 0.4) is 0 Å². The highest BCUT2D eigenvalue weighted by Crippen LogP contribution is 2.46. The number of benzene rings is 3. The van der Waals surface area contributed by atoms with Gasteiger partial charge in [-0.25, -0.2) is 0 Å². The molecule has 34 heavy (non-hydrogen) atoms. The van der Waals surface area contributed by atoms with Crippen molar-refractivity contribution in [2.45, 2.75) is 24.4 Å². The van der Waals surface area contributed by atoms with Crippen LogP contribution < -0.4 is 0 Å². The Morgan fingerprint density at radius 1 is 0.647 bits per heavy atom. The van der Waals surface area contributed by atoms with Gasteiger partial charge in [-0.05, 0) is 48.2 Å². The van der Waals surface area contributed by atoms with Gasteiger partial charge in [0.05, 0.1) is 0 Å². The zero-order valence-electron chi connectivity index (χ0n) is 19.3. The van der Waals surface area contributed by atoms with E-state index >= 15 is 0 Å². The lowest BCUT2D eigenvalue weighted by molar-refractivity contribution is -0.0267. The van der Waals surface area contributed by atoms with Gasteiger partial charge >= 0.3 is 0 Å². The normalized spacial score (nSPS) is 19.6. The molecule has 2 saturated heterocycles. The minimum atomic E-state index is 0.110. The van der Waals surface area contributed by atoms with E-state index in [-0.39, 0.29) is 17.4 Å². The number of carbonyl (C=O) groups is 2. The molecule has 3 aromatic rings. The molecule has 0 bridgehead atoms. The Hall–Kier alpha value is -3.44. The van der Waals surface area contributed by atoms with Crippen molar-refractivity contribution < 1.29 is 9.59 Å².